The number of aromatic nitrogens is 1. The van der Waals surface area contributed by atoms with Crippen molar-refractivity contribution in [3.63, 3.8) is 0 Å². The summed E-state index contributed by atoms with van der Waals surface area (Å²) in [5.74, 6) is 0. The van der Waals surface area contributed by atoms with E-state index in [-0.39, 0.29) is 0 Å². The maximum absolute atomic E-state index is 6.50. The average Bonchev–Trinajstić information content (AvgIpc) is 3.25. The van der Waals surface area contributed by atoms with Crippen LogP contribution in [0.1, 0.15) is 0 Å². The standard InChI is InChI=1S/C24H14ClNS/c25-18-10-5-9-17-23-21(13-6-14-22(23)27-24(17)18)26-19-11-3-1-7-15(19)16-8-2-4-12-20(16)26/h1-14H. The van der Waals surface area contributed by atoms with E-state index in [0.29, 0.717) is 0 Å². The molecule has 4 aromatic carbocycles. The third-order valence-electron chi connectivity index (χ3n) is 5.27. The zero-order valence-electron chi connectivity index (χ0n) is 14.3. The van der Waals surface area contributed by atoms with Gasteiger partial charge in [0.2, 0.25) is 0 Å². The topological polar surface area (TPSA) is 4.93 Å². The fraction of sp³-hybridized carbons (Fsp3) is 0. The molecule has 0 aliphatic heterocycles. The van der Waals surface area contributed by atoms with Crippen molar-refractivity contribution in [3.05, 3.63) is 90.0 Å². The van der Waals surface area contributed by atoms with Gasteiger partial charge in [-0.1, -0.05) is 66.2 Å². The summed E-state index contributed by atoms with van der Waals surface area (Å²) in [5.41, 5.74) is 3.67. The second-order valence-corrected chi connectivity index (χ2v) is 8.20. The molecule has 0 bridgehead atoms. The summed E-state index contributed by atoms with van der Waals surface area (Å²) in [6, 6.07) is 30.0. The minimum atomic E-state index is 0.821. The molecule has 0 unspecified atom stereocenters. The Morgan fingerprint density at radius 2 is 1.26 bits per heavy atom. The van der Waals surface area contributed by atoms with Gasteiger partial charge >= 0.3 is 0 Å². The highest BCUT2D eigenvalue weighted by Crippen LogP contribution is 2.42. The molecule has 0 aliphatic carbocycles. The van der Waals surface area contributed by atoms with Gasteiger partial charge in [-0.05, 0) is 30.3 Å². The first-order valence-corrected chi connectivity index (χ1v) is 10.1. The maximum atomic E-state index is 6.50. The Balaban J connectivity index is 1.87. The van der Waals surface area contributed by atoms with E-state index in [0.717, 1.165) is 9.72 Å². The van der Waals surface area contributed by atoms with Crippen molar-refractivity contribution in [2.45, 2.75) is 0 Å². The highest BCUT2D eigenvalue weighted by Gasteiger charge is 2.16. The van der Waals surface area contributed by atoms with Crippen LogP contribution in [0.4, 0.5) is 0 Å². The van der Waals surface area contributed by atoms with Crippen molar-refractivity contribution in [3.8, 4) is 5.69 Å². The zero-order valence-corrected chi connectivity index (χ0v) is 15.9. The molecule has 0 N–H and O–H groups in total. The van der Waals surface area contributed by atoms with Crippen LogP contribution in [0.15, 0.2) is 84.9 Å². The van der Waals surface area contributed by atoms with Crippen molar-refractivity contribution in [1.29, 1.82) is 0 Å². The first-order chi connectivity index (χ1) is 13.3. The van der Waals surface area contributed by atoms with Crippen LogP contribution < -0.4 is 0 Å². The quantitative estimate of drug-likeness (QED) is 0.273. The van der Waals surface area contributed by atoms with Crippen LogP contribution in [0.25, 0.3) is 47.7 Å². The van der Waals surface area contributed by atoms with E-state index in [2.05, 4.69) is 77.4 Å². The van der Waals surface area contributed by atoms with E-state index in [9.17, 15) is 0 Å². The highest BCUT2D eigenvalue weighted by molar-refractivity contribution is 7.26. The molecule has 0 amide bonds. The number of rotatable bonds is 1. The van der Waals surface area contributed by atoms with Gasteiger partial charge in [-0.25, -0.2) is 0 Å². The van der Waals surface area contributed by atoms with Crippen LogP contribution in [0.2, 0.25) is 5.02 Å². The van der Waals surface area contributed by atoms with Crippen LogP contribution in [-0.4, -0.2) is 4.57 Å². The monoisotopic (exact) mass is 383 g/mol. The first-order valence-electron chi connectivity index (χ1n) is 8.91. The number of halogens is 1. The van der Waals surface area contributed by atoms with E-state index in [1.807, 2.05) is 12.1 Å². The van der Waals surface area contributed by atoms with E-state index in [1.54, 1.807) is 11.3 Å². The number of para-hydroxylation sites is 2. The largest absolute Gasteiger partial charge is 0.309 e. The second-order valence-electron chi connectivity index (χ2n) is 6.74. The van der Waals surface area contributed by atoms with Crippen molar-refractivity contribution < 1.29 is 0 Å². The van der Waals surface area contributed by atoms with E-state index < -0.39 is 0 Å². The fourth-order valence-electron chi connectivity index (χ4n) is 4.16. The lowest BCUT2D eigenvalue weighted by Crippen LogP contribution is -1.94. The molecule has 27 heavy (non-hydrogen) atoms. The molecular formula is C24H14ClNS. The summed E-state index contributed by atoms with van der Waals surface area (Å²) in [7, 11) is 0. The van der Waals surface area contributed by atoms with Crippen molar-refractivity contribution in [2.24, 2.45) is 0 Å². The first kappa shape index (κ1) is 15.3. The lowest BCUT2D eigenvalue weighted by atomic mass is 10.1. The molecule has 2 aromatic heterocycles. The number of fused-ring (bicyclic) bond motifs is 6. The second kappa shape index (κ2) is 5.59. The molecule has 0 atom stereocenters. The van der Waals surface area contributed by atoms with Gasteiger partial charge in [-0.3, -0.25) is 0 Å². The van der Waals surface area contributed by atoms with Crippen LogP contribution in [0.5, 0.6) is 0 Å². The van der Waals surface area contributed by atoms with Crippen LogP contribution >= 0.6 is 22.9 Å². The van der Waals surface area contributed by atoms with Gasteiger partial charge in [0.25, 0.3) is 0 Å². The Labute approximate surface area is 165 Å². The molecule has 0 spiro atoms. The Morgan fingerprint density at radius 1 is 0.630 bits per heavy atom. The predicted molar refractivity (Wildman–Crippen MR) is 119 cm³/mol. The summed E-state index contributed by atoms with van der Waals surface area (Å²) >= 11 is 8.26. The SMILES string of the molecule is Clc1cccc2c1sc1cccc(-n3c4ccccc4c4ccccc43)c12. The van der Waals surface area contributed by atoms with Crippen molar-refractivity contribution >= 4 is 64.9 Å². The molecule has 6 rings (SSSR count). The molecule has 3 heteroatoms. The Morgan fingerprint density at radius 3 is 2.00 bits per heavy atom. The molecule has 128 valence electrons. The van der Waals surface area contributed by atoms with E-state index >= 15 is 0 Å². The molecule has 1 nitrogen and oxygen atoms in total. The van der Waals surface area contributed by atoms with Crippen LogP contribution in [0.3, 0.4) is 0 Å². The average molecular weight is 384 g/mol. The minimum Gasteiger partial charge on any atom is -0.309 e. The molecule has 0 saturated carbocycles. The normalized spacial score (nSPS) is 11.9. The number of hydrogen-bond acceptors (Lipinski definition) is 1. The summed E-state index contributed by atoms with van der Waals surface area (Å²) in [6.07, 6.45) is 0. The minimum absolute atomic E-state index is 0.821. The van der Waals surface area contributed by atoms with Crippen LogP contribution in [-0.2, 0) is 0 Å². The number of hydrogen-bond donors (Lipinski definition) is 0. The van der Waals surface area contributed by atoms with Gasteiger partial charge in [0, 0.05) is 26.2 Å². The molecule has 0 radical (unpaired) electrons. The lowest BCUT2D eigenvalue weighted by Gasteiger charge is -2.10. The molecule has 0 aliphatic rings. The molecule has 0 saturated heterocycles. The van der Waals surface area contributed by atoms with Gasteiger partial charge in [0.1, 0.15) is 0 Å². The Bertz CT molecular complexity index is 1440. The van der Waals surface area contributed by atoms with Crippen molar-refractivity contribution in [1.82, 2.24) is 4.57 Å². The molecular weight excluding hydrogens is 370 g/mol. The number of thiophene rings is 1. The number of nitrogens with zero attached hydrogens (tertiary/aromatic N) is 1. The Kier molecular flexibility index (Phi) is 3.16. The van der Waals surface area contributed by atoms with Gasteiger partial charge in [-0.15, -0.1) is 11.3 Å². The third-order valence-corrected chi connectivity index (χ3v) is 6.90. The summed E-state index contributed by atoms with van der Waals surface area (Å²) in [5, 5.41) is 5.87. The smallest absolute Gasteiger partial charge is 0.0584 e. The molecule has 0 fully saturated rings. The fourth-order valence-corrected chi connectivity index (χ4v) is 5.58. The third kappa shape index (κ3) is 2.05. The summed E-state index contributed by atoms with van der Waals surface area (Å²) < 4.78 is 4.81. The molecule has 6 aromatic rings. The van der Waals surface area contributed by atoms with E-state index in [1.165, 1.54) is 43.0 Å². The predicted octanol–water partition coefficient (Wildman–Crippen LogP) is 7.81. The maximum Gasteiger partial charge on any atom is 0.0584 e. The van der Waals surface area contributed by atoms with E-state index in [4.69, 9.17) is 11.6 Å². The van der Waals surface area contributed by atoms with Gasteiger partial charge in [0.05, 0.1) is 26.4 Å². The van der Waals surface area contributed by atoms with Gasteiger partial charge < -0.3 is 4.57 Å². The number of benzene rings is 4. The highest BCUT2D eigenvalue weighted by atomic mass is 35.5. The lowest BCUT2D eigenvalue weighted by molar-refractivity contribution is 1.20. The molecule has 2 heterocycles. The summed E-state index contributed by atoms with van der Waals surface area (Å²) in [6.45, 7) is 0. The Hall–Kier alpha value is -2.81. The van der Waals surface area contributed by atoms with Gasteiger partial charge in [-0.2, -0.15) is 0 Å². The van der Waals surface area contributed by atoms with Crippen molar-refractivity contribution in [2.75, 3.05) is 0 Å². The van der Waals surface area contributed by atoms with Gasteiger partial charge in [0.15, 0.2) is 0 Å². The summed E-state index contributed by atoms with van der Waals surface area (Å²) in [4.78, 5) is 0. The van der Waals surface area contributed by atoms with Crippen LogP contribution in [0, 0.1) is 0 Å². The zero-order chi connectivity index (χ0) is 18.0.